The molecule has 3 heterocycles. The van der Waals surface area contributed by atoms with Crippen LogP contribution in [0.25, 0.3) is 16.8 Å². The number of nitrogens with two attached hydrogens (primary N) is 1. The minimum absolute atomic E-state index is 0.000662. The number of fused-ring (bicyclic) bond motifs is 1. The molecule has 1 amide bonds. The van der Waals surface area contributed by atoms with Gasteiger partial charge in [-0.25, -0.2) is 4.98 Å². The van der Waals surface area contributed by atoms with Crippen LogP contribution in [0.3, 0.4) is 0 Å². The van der Waals surface area contributed by atoms with Crippen molar-refractivity contribution in [1.29, 1.82) is 0 Å². The van der Waals surface area contributed by atoms with E-state index < -0.39 is 0 Å². The van der Waals surface area contributed by atoms with Crippen LogP contribution in [0.4, 0.5) is 11.5 Å². The first-order chi connectivity index (χ1) is 16.2. The molecule has 8 heteroatoms. The van der Waals surface area contributed by atoms with Crippen molar-refractivity contribution in [2.75, 3.05) is 36.9 Å². The third-order valence-corrected chi connectivity index (χ3v) is 5.83. The number of hydrogen-bond acceptors (Lipinski definition) is 7. The van der Waals surface area contributed by atoms with Gasteiger partial charge < -0.3 is 20.7 Å². The first-order valence-corrected chi connectivity index (χ1v) is 11.0. The molecule has 1 aliphatic rings. The Bertz CT molecular complexity index is 1140. The van der Waals surface area contributed by atoms with Crippen LogP contribution in [-0.2, 0) is 9.59 Å². The summed E-state index contributed by atoms with van der Waals surface area (Å²) < 4.78 is 5.93. The zero-order valence-corrected chi connectivity index (χ0v) is 18.3. The van der Waals surface area contributed by atoms with E-state index in [-0.39, 0.29) is 11.8 Å². The molecular formula is C25H27N5O3. The topological polar surface area (TPSA) is 110 Å². The Balaban J connectivity index is 1.30. The van der Waals surface area contributed by atoms with Crippen LogP contribution < -0.4 is 20.7 Å². The number of carbonyl (C=O) groups is 2. The molecule has 0 bridgehead atoms. The van der Waals surface area contributed by atoms with Gasteiger partial charge in [0.1, 0.15) is 24.5 Å². The Morgan fingerprint density at radius 3 is 2.73 bits per heavy atom. The van der Waals surface area contributed by atoms with Crippen LogP contribution in [0, 0.1) is 5.92 Å². The van der Waals surface area contributed by atoms with Crippen molar-refractivity contribution in [3.05, 3.63) is 60.6 Å². The first-order valence-electron chi connectivity index (χ1n) is 11.0. The van der Waals surface area contributed by atoms with Gasteiger partial charge in [0.25, 0.3) is 0 Å². The van der Waals surface area contributed by atoms with Gasteiger partial charge in [-0.2, -0.15) is 0 Å². The predicted molar refractivity (Wildman–Crippen MR) is 129 cm³/mol. The molecule has 4 rings (SSSR count). The number of carbonyl (C=O) groups excluding carboxylic acids is 2. The van der Waals surface area contributed by atoms with Gasteiger partial charge in [0, 0.05) is 54.2 Å². The Morgan fingerprint density at radius 2 is 1.97 bits per heavy atom. The average molecular weight is 446 g/mol. The number of anilines is 2. The van der Waals surface area contributed by atoms with Crippen LogP contribution in [0.5, 0.6) is 5.75 Å². The van der Waals surface area contributed by atoms with E-state index in [0.717, 1.165) is 54.2 Å². The predicted octanol–water partition coefficient (Wildman–Crippen LogP) is 2.84. The zero-order valence-electron chi connectivity index (χ0n) is 18.3. The summed E-state index contributed by atoms with van der Waals surface area (Å²) in [4.78, 5) is 33.9. The second kappa shape index (κ2) is 10.6. The maximum Gasteiger partial charge on any atom is 0.223 e. The van der Waals surface area contributed by atoms with Crippen molar-refractivity contribution in [3.8, 4) is 5.75 Å². The number of pyridine rings is 2. The fourth-order valence-corrected chi connectivity index (χ4v) is 4.07. The summed E-state index contributed by atoms with van der Waals surface area (Å²) in [6.07, 6.45) is 10.7. The summed E-state index contributed by atoms with van der Waals surface area (Å²) >= 11 is 0. The second-order valence-electron chi connectivity index (χ2n) is 7.91. The van der Waals surface area contributed by atoms with Gasteiger partial charge in [0.15, 0.2) is 0 Å². The van der Waals surface area contributed by atoms with E-state index in [0.29, 0.717) is 24.7 Å². The molecule has 1 saturated heterocycles. The normalized spacial score (nSPS) is 14.5. The lowest BCUT2D eigenvalue weighted by atomic mass is 9.95. The highest BCUT2D eigenvalue weighted by Gasteiger charge is 2.24. The maximum absolute atomic E-state index is 12.6. The summed E-state index contributed by atoms with van der Waals surface area (Å²) in [7, 11) is 0. The molecule has 0 radical (unpaired) electrons. The molecule has 170 valence electrons. The van der Waals surface area contributed by atoms with Crippen LogP contribution in [-0.4, -0.2) is 48.4 Å². The molecule has 0 saturated carbocycles. The summed E-state index contributed by atoms with van der Waals surface area (Å²) in [5, 5.41) is 4.67. The van der Waals surface area contributed by atoms with E-state index in [2.05, 4.69) is 20.2 Å². The SMILES string of the molecule is Nc1nccc2cc(C=CC=O)c(OCCNC(=O)C3CCN(c4ccncc4)CC3)cc12. The Labute approximate surface area is 192 Å². The van der Waals surface area contributed by atoms with Crippen LogP contribution in [0.15, 0.2) is 55.0 Å². The lowest BCUT2D eigenvalue weighted by Gasteiger charge is -2.32. The number of nitrogens with one attached hydrogen (secondary N) is 1. The molecule has 3 aromatic rings. The summed E-state index contributed by atoms with van der Waals surface area (Å²) in [5.41, 5.74) is 7.90. The second-order valence-corrected chi connectivity index (χ2v) is 7.91. The molecule has 0 aliphatic carbocycles. The lowest BCUT2D eigenvalue weighted by molar-refractivity contribution is -0.125. The maximum atomic E-state index is 12.6. The van der Waals surface area contributed by atoms with Crippen LogP contribution >= 0.6 is 0 Å². The number of amides is 1. The summed E-state index contributed by atoms with van der Waals surface area (Å²) in [6, 6.07) is 9.56. The van der Waals surface area contributed by atoms with Gasteiger partial charge in [-0.05, 0) is 60.7 Å². The van der Waals surface area contributed by atoms with Crippen LogP contribution in [0.1, 0.15) is 18.4 Å². The Kier molecular flexibility index (Phi) is 7.14. The highest BCUT2D eigenvalue weighted by atomic mass is 16.5. The fourth-order valence-electron chi connectivity index (χ4n) is 4.07. The van der Waals surface area contributed by atoms with E-state index >= 15 is 0 Å². The number of aldehydes is 1. The van der Waals surface area contributed by atoms with Crippen molar-refractivity contribution in [1.82, 2.24) is 15.3 Å². The minimum Gasteiger partial charge on any atom is -0.491 e. The first kappa shape index (κ1) is 22.3. The van der Waals surface area contributed by atoms with Crippen molar-refractivity contribution < 1.29 is 14.3 Å². The Morgan fingerprint density at radius 1 is 1.18 bits per heavy atom. The third kappa shape index (κ3) is 5.46. The standard InChI is InChI=1S/C25H27N5O3/c26-24-22-17-23(20(2-1-14-31)16-19(22)3-10-28-24)33-15-11-29-25(32)18-6-12-30(13-7-18)21-4-8-27-9-5-21/h1-5,8-10,14,16-18H,6-7,11-13,15H2,(H2,26,28)(H,29,32). The van der Waals surface area contributed by atoms with Gasteiger partial charge in [0.05, 0.1) is 6.54 Å². The van der Waals surface area contributed by atoms with Gasteiger partial charge in [-0.3, -0.25) is 14.6 Å². The van der Waals surface area contributed by atoms with E-state index in [1.165, 1.54) is 6.08 Å². The summed E-state index contributed by atoms with van der Waals surface area (Å²) in [5.74, 6) is 1.05. The number of aromatic nitrogens is 2. The lowest BCUT2D eigenvalue weighted by Crippen LogP contribution is -2.41. The number of ether oxygens (including phenoxy) is 1. The molecule has 1 aromatic carbocycles. The van der Waals surface area contributed by atoms with Crippen molar-refractivity contribution in [2.24, 2.45) is 5.92 Å². The van der Waals surface area contributed by atoms with E-state index in [1.807, 2.05) is 30.3 Å². The number of rotatable bonds is 8. The van der Waals surface area contributed by atoms with Crippen molar-refractivity contribution in [2.45, 2.75) is 12.8 Å². The largest absolute Gasteiger partial charge is 0.491 e. The highest BCUT2D eigenvalue weighted by molar-refractivity contribution is 5.94. The molecule has 1 aliphatic heterocycles. The third-order valence-electron chi connectivity index (χ3n) is 5.83. The van der Waals surface area contributed by atoms with Crippen molar-refractivity contribution >= 4 is 40.5 Å². The number of hydrogen-bond donors (Lipinski definition) is 2. The minimum atomic E-state index is 0.000662. The average Bonchev–Trinajstić information content (AvgIpc) is 2.86. The number of allylic oxidation sites excluding steroid dienone is 1. The molecule has 0 spiro atoms. The molecular weight excluding hydrogens is 418 g/mol. The summed E-state index contributed by atoms with van der Waals surface area (Å²) in [6.45, 7) is 2.38. The Hall–Kier alpha value is -3.94. The monoisotopic (exact) mass is 445 g/mol. The van der Waals surface area contributed by atoms with Crippen LogP contribution in [0.2, 0.25) is 0 Å². The molecule has 2 aromatic heterocycles. The van der Waals surface area contributed by atoms with E-state index in [4.69, 9.17) is 10.5 Å². The molecule has 8 nitrogen and oxygen atoms in total. The molecule has 0 unspecified atom stereocenters. The van der Waals surface area contributed by atoms with Gasteiger partial charge in [0.2, 0.25) is 5.91 Å². The number of nitrogens with zero attached hydrogens (tertiary/aromatic N) is 3. The highest BCUT2D eigenvalue weighted by Crippen LogP contribution is 2.29. The van der Waals surface area contributed by atoms with E-state index in [1.54, 1.807) is 24.7 Å². The van der Waals surface area contributed by atoms with Crippen molar-refractivity contribution in [3.63, 3.8) is 0 Å². The zero-order chi connectivity index (χ0) is 23.0. The number of piperidine rings is 1. The number of nitrogen functional groups attached to an aromatic ring is 1. The molecule has 1 fully saturated rings. The smallest absolute Gasteiger partial charge is 0.223 e. The number of benzene rings is 1. The van der Waals surface area contributed by atoms with E-state index in [9.17, 15) is 9.59 Å². The fraction of sp³-hybridized carbons (Fsp3) is 0.280. The quantitative estimate of drug-likeness (QED) is 0.312. The molecule has 3 N–H and O–H groups in total. The van der Waals surface area contributed by atoms with Gasteiger partial charge in [-0.1, -0.05) is 0 Å². The molecule has 33 heavy (non-hydrogen) atoms. The van der Waals surface area contributed by atoms with Gasteiger partial charge in [-0.15, -0.1) is 0 Å². The van der Waals surface area contributed by atoms with Gasteiger partial charge >= 0.3 is 0 Å². The molecule has 0 atom stereocenters.